The lowest BCUT2D eigenvalue weighted by molar-refractivity contribution is -0.384. The first-order valence-corrected chi connectivity index (χ1v) is 7.69. The summed E-state index contributed by atoms with van der Waals surface area (Å²) >= 11 is 0. The maximum atomic E-state index is 12.7. The van der Waals surface area contributed by atoms with Gasteiger partial charge in [0.05, 0.1) is 16.0 Å². The van der Waals surface area contributed by atoms with Crippen molar-refractivity contribution in [1.82, 2.24) is 4.98 Å². The minimum atomic E-state index is -0.492. The number of anilines is 1. The molecule has 0 saturated carbocycles. The van der Waals surface area contributed by atoms with Crippen LogP contribution in [0.2, 0.25) is 0 Å². The maximum absolute atomic E-state index is 12.7. The second kappa shape index (κ2) is 5.76. The Morgan fingerprint density at radius 2 is 1.72 bits per heavy atom. The lowest BCUT2D eigenvalue weighted by Gasteiger charge is -2.06. The summed E-state index contributed by atoms with van der Waals surface area (Å²) in [6.45, 7) is 0. The van der Waals surface area contributed by atoms with E-state index in [1.807, 2.05) is 36.4 Å². The highest BCUT2D eigenvalue weighted by Crippen LogP contribution is 2.28. The van der Waals surface area contributed by atoms with E-state index in [-0.39, 0.29) is 11.6 Å². The number of non-ortho nitro benzene ring substituents is 1. The topological polar surface area (TPSA) is 88.0 Å². The quantitative estimate of drug-likeness (QED) is 0.428. The van der Waals surface area contributed by atoms with Gasteiger partial charge in [0.1, 0.15) is 0 Å². The summed E-state index contributed by atoms with van der Waals surface area (Å²) in [5.41, 5.74) is 2.49. The number of hydrogen-bond donors (Lipinski definition) is 2. The number of aromatic nitrogens is 1. The van der Waals surface area contributed by atoms with Gasteiger partial charge in [-0.15, -0.1) is 0 Å². The van der Waals surface area contributed by atoms with Crippen molar-refractivity contribution in [3.63, 3.8) is 0 Å². The zero-order valence-electron chi connectivity index (χ0n) is 13.0. The molecule has 0 spiro atoms. The third-order valence-electron chi connectivity index (χ3n) is 4.10. The van der Waals surface area contributed by atoms with E-state index >= 15 is 0 Å². The molecule has 6 nitrogen and oxygen atoms in total. The lowest BCUT2D eigenvalue weighted by Crippen LogP contribution is -2.12. The van der Waals surface area contributed by atoms with Crippen LogP contribution in [0.4, 0.5) is 11.4 Å². The number of fused-ring (bicyclic) bond motifs is 3. The molecule has 0 radical (unpaired) electrons. The van der Waals surface area contributed by atoms with Crippen molar-refractivity contribution in [2.24, 2.45) is 0 Å². The van der Waals surface area contributed by atoms with Gasteiger partial charge in [0.25, 0.3) is 11.6 Å². The number of para-hydroxylation sites is 2. The van der Waals surface area contributed by atoms with Crippen molar-refractivity contribution in [2.45, 2.75) is 0 Å². The number of hydrogen-bond acceptors (Lipinski definition) is 3. The van der Waals surface area contributed by atoms with Crippen LogP contribution in [0.25, 0.3) is 21.8 Å². The fourth-order valence-electron chi connectivity index (χ4n) is 2.96. The normalized spacial score (nSPS) is 10.9. The third kappa shape index (κ3) is 2.59. The van der Waals surface area contributed by atoms with Crippen LogP contribution < -0.4 is 5.32 Å². The van der Waals surface area contributed by atoms with E-state index in [4.69, 9.17) is 0 Å². The highest BCUT2D eigenvalue weighted by Gasteiger charge is 2.15. The largest absolute Gasteiger partial charge is 0.354 e. The summed E-state index contributed by atoms with van der Waals surface area (Å²) < 4.78 is 0. The van der Waals surface area contributed by atoms with Crippen LogP contribution >= 0.6 is 0 Å². The summed E-state index contributed by atoms with van der Waals surface area (Å²) in [6, 6.07) is 19.2. The van der Waals surface area contributed by atoms with Crippen molar-refractivity contribution in [3.8, 4) is 0 Å². The Hall–Kier alpha value is -3.67. The Kier molecular flexibility index (Phi) is 3.43. The molecule has 4 rings (SSSR count). The standard InChI is InChI=1S/C19H13N3O3/c23-19(20-12-5-3-6-13(11-12)22(24)25)16-9-4-8-15-14-7-1-2-10-17(14)21-18(15)16/h1-11,21H,(H,20,23). The van der Waals surface area contributed by atoms with Gasteiger partial charge in [0.15, 0.2) is 0 Å². The predicted molar refractivity (Wildman–Crippen MR) is 96.9 cm³/mol. The number of nitrogens with zero attached hydrogens (tertiary/aromatic N) is 1. The van der Waals surface area contributed by atoms with E-state index in [1.54, 1.807) is 12.1 Å². The molecular formula is C19H13N3O3. The van der Waals surface area contributed by atoms with Crippen molar-refractivity contribution in [1.29, 1.82) is 0 Å². The van der Waals surface area contributed by atoms with Crippen LogP contribution in [0.1, 0.15) is 10.4 Å². The van der Waals surface area contributed by atoms with Gasteiger partial charge in [-0.1, -0.05) is 36.4 Å². The Bertz CT molecular complexity index is 1130. The molecule has 2 N–H and O–H groups in total. The number of carbonyl (C=O) groups is 1. The molecule has 3 aromatic carbocycles. The van der Waals surface area contributed by atoms with Crippen molar-refractivity contribution in [2.75, 3.05) is 5.32 Å². The minimum Gasteiger partial charge on any atom is -0.354 e. The van der Waals surface area contributed by atoms with E-state index in [9.17, 15) is 14.9 Å². The van der Waals surface area contributed by atoms with Crippen LogP contribution in [0, 0.1) is 10.1 Å². The van der Waals surface area contributed by atoms with Gasteiger partial charge in [-0.2, -0.15) is 0 Å². The van der Waals surface area contributed by atoms with Crippen LogP contribution in [0.5, 0.6) is 0 Å². The van der Waals surface area contributed by atoms with Gasteiger partial charge in [-0.05, 0) is 18.2 Å². The average Bonchev–Trinajstić information content (AvgIpc) is 3.00. The van der Waals surface area contributed by atoms with Crippen molar-refractivity contribution in [3.05, 3.63) is 82.4 Å². The lowest BCUT2D eigenvalue weighted by atomic mass is 10.1. The Labute approximate surface area is 142 Å². The van der Waals surface area contributed by atoms with Crippen molar-refractivity contribution < 1.29 is 9.72 Å². The number of nitro benzene ring substituents is 1. The molecule has 25 heavy (non-hydrogen) atoms. The smallest absolute Gasteiger partial charge is 0.271 e. The fourth-order valence-corrected chi connectivity index (χ4v) is 2.96. The Morgan fingerprint density at radius 1 is 0.960 bits per heavy atom. The van der Waals surface area contributed by atoms with Crippen LogP contribution in [-0.2, 0) is 0 Å². The van der Waals surface area contributed by atoms with Crippen LogP contribution in [0.3, 0.4) is 0 Å². The average molecular weight is 331 g/mol. The molecule has 0 bridgehead atoms. The summed E-state index contributed by atoms with van der Waals surface area (Å²) in [7, 11) is 0. The second-order valence-corrected chi connectivity index (χ2v) is 5.66. The van der Waals surface area contributed by atoms with Gasteiger partial charge < -0.3 is 10.3 Å². The Balaban J connectivity index is 1.75. The number of aromatic amines is 1. The van der Waals surface area contributed by atoms with Gasteiger partial charge in [0, 0.05) is 34.1 Å². The number of nitro groups is 1. The van der Waals surface area contributed by atoms with E-state index in [0.29, 0.717) is 11.3 Å². The molecule has 1 aromatic heterocycles. The maximum Gasteiger partial charge on any atom is 0.271 e. The molecule has 0 atom stereocenters. The van der Waals surface area contributed by atoms with Gasteiger partial charge in [-0.25, -0.2) is 0 Å². The summed E-state index contributed by atoms with van der Waals surface area (Å²) in [4.78, 5) is 26.3. The molecule has 4 aromatic rings. The molecule has 1 amide bonds. The molecule has 0 aliphatic heterocycles. The Morgan fingerprint density at radius 3 is 2.56 bits per heavy atom. The monoisotopic (exact) mass is 331 g/mol. The van der Waals surface area contributed by atoms with Crippen LogP contribution in [0.15, 0.2) is 66.7 Å². The fraction of sp³-hybridized carbons (Fsp3) is 0. The van der Waals surface area contributed by atoms with Gasteiger partial charge in [0.2, 0.25) is 0 Å². The summed E-state index contributed by atoms with van der Waals surface area (Å²) in [5, 5.41) is 15.6. The first kappa shape index (κ1) is 14.9. The SMILES string of the molecule is O=C(Nc1cccc([N+](=O)[O-])c1)c1cccc2c1[nH]c1ccccc12. The van der Waals surface area contributed by atoms with E-state index in [1.165, 1.54) is 18.2 Å². The number of H-pyrrole nitrogens is 1. The predicted octanol–water partition coefficient (Wildman–Crippen LogP) is 4.48. The van der Waals surface area contributed by atoms with E-state index in [0.717, 1.165) is 21.8 Å². The molecule has 0 unspecified atom stereocenters. The third-order valence-corrected chi connectivity index (χ3v) is 4.10. The second-order valence-electron chi connectivity index (χ2n) is 5.66. The molecule has 1 heterocycles. The molecule has 0 saturated heterocycles. The van der Waals surface area contributed by atoms with Crippen LogP contribution in [-0.4, -0.2) is 15.8 Å². The number of amides is 1. The first-order chi connectivity index (χ1) is 12.1. The number of carbonyl (C=O) groups excluding carboxylic acids is 1. The highest BCUT2D eigenvalue weighted by molar-refractivity contribution is 6.17. The molecule has 122 valence electrons. The number of benzene rings is 3. The number of rotatable bonds is 3. The van der Waals surface area contributed by atoms with Gasteiger partial charge in [-0.3, -0.25) is 14.9 Å². The molecule has 0 aliphatic rings. The minimum absolute atomic E-state index is 0.0679. The zero-order valence-corrected chi connectivity index (χ0v) is 13.0. The zero-order chi connectivity index (χ0) is 17.4. The van der Waals surface area contributed by atoms with Crippen molar-refractivity contribution >= 4 is 39.1 Å². The summed E-state index contributed by atoms with van der Waals surface area (Å²) in [5.74, 6) is -0.322. The molecular weight excluding hydrogens is 318 g/mol. The highest BCUT2D eigenvalue weighted by atomic mass is 16.6. The van der Waals surface area contributed by atoms with E-state index < -0.39 is 4.92 Å². The molecule has 6 heteroatoms. The first-order valence-electron chi connectivity index (χ1n) is 7.69. The van der Waals surface area contributed by atoms with Gasteiger partial charge >= 0.3 is 0 Å². The summed E-state index contributed by atoms with van der Waals surface area (Å²) in [6.07, 6.45) is 0. The molecule has 0 fully saturated rings. The molecule has 0 aliphatic carbocycles. The van der Waals surface area contributed by atoms with E-state index in [2.05, 4.69) is 10.3 Å². The number of nitrogens with one attached hydrogen (secondary N) is 2.